The number of carbonyl (C=O) groups excluding carboxylic acids is 1. The minimum absolute atomic E-state index is 0.0426. The van der Waals surface area contributed by atoms with E-state index in [1.165, 1.54) is 6.07 Å². The summed E-state index contributed by atoms with van der Waals surface area (Å²) in [6.07, 6.45) is 1.12. The molecule has 3 nitrogen and oxygen atoms in total. The summed E-state index contributed by atoms with van der Waals surface area (Å²) in [7, 11) is 0. The standard InChI is InChI=1S/C18H17FN2O/c1-11-9-13(17-7-8-18(22)21-20-17)3-5-15(11)16-6-4-14(19)10-12(16)2/h3-6,9-10H,7-8H2,1-2H3,(H,21,22). The first-order valence-electron chi connectivity index (χ1n) is 7.27. The van der Waals surface area contributed by atoms with Gasteiger partial charge in [-0.2, -0.15) is 5.10 Å². The molecule has 0 unspecified atom stereocenters. The van der Waals surface area contributed by atoms with Crippen LogP contribution in [0.5, 0.6) is 0 Å². The molecule has 1 aliphatic heterocycles. The number of nitrogens with one attached hydrogen (secondary N) is 1. The highest BCUT2D eigenvalue weighted by molar-refractivity contribution is 6.04. The molecular formula is C18H17FN2O. The highest BCUT2D eigenvalue weighted by atomic mass is 19.1. The Morgan fingerprint density at radius 3 is 2.27 bits per heavy atom. The van der Waals surface area contributed by atoms with Crippen molar-refractivity contribution < 1.29 is 9.18 Å². The molecular weight excluding hydrogens is 279 g/mol. The zero-order chi connectivity index (χ0) is 15.7. The van der Waals surface area contributed by atoms with Crippen molar-refractivity contribution in [3.8, 4) is 11.1 Å². The van der Waals surface area contributed by atoms with Gasteiger partial charge >= 0.3 is 0 Å². The topological polar surface area (TPSA) is 41.5 Å². The van der Waals surface area contributed by atoms with Crippen molar-refractivity contribution in [2.75, 3.05) is 0 Å². The number of aryl methyl sites for hydroxylation is 2. The van der Waals surface area contributed by atoms with Gasteiger partial charge in [0.2, 0.25) is 5.91 Å². The van der Waals surface area contributed by atoms with E-state index >= 15 is 0 Å². The lowest BCUT2D eigenvalue weighted by molar-refractivity contribution is -0.121. The normalized spacial score (nSPS) is 14.5. The van der Waals surface area contributed by atoms with E-state index in [-0.39, 0.29) is 11.7 Å². The third kappa shape index (κ3) is 2.77. The zero-order valence-corrected chi connectivity index (χ0v) is 12.6. The molecule has 4 heteroatoms. The van der Waals surface area contributed by atoms with E-state index in [9.17, 15) is 9.18 Å². The first kappa shape index (κ1) is 14.4. The summed E-state index contributed by atoms with van der Waals surface area (Å²) in [5.74, 6) is -0.262. The molecule has 0 saturated heterocycles. The van der Waals surface area contributed by atoms with Crippen LogP contribution in [0.15, 0.2) is 41.5 Å². The zero-order valence-electron chi connectivity index (χ0n) is 12.6. The summed E-state index contributed by atoms with van der Waals surface area (Å²) >= 11 is 0. The third-order valence-electron chi connectivity index (χ3n) is 3.94. The molecule has 1 N–H and O–H groups in total. The summed E-state index contributed by atoms with van der Waals surface area (Å²) in [6.45, 7) is 3.94. The predicted molar refractivity (Wildman–Crippen MR) is 85.2 cm³/mol. The smallest absolute Gasteiger partial charge is 0.240 e. The number of hydrogen-bond donors (Lipinski definition) is 1. The molecule has 2 aromatic carbocycles. The number of hydrogen-bond acceptors (Lipinski definition) is 2. The molecule has 0 radical (unpaired) electrons. The fourth-order valence-corrected chi connectivity index (χ4v) is 2.76. The van der Waals surface area contributed by atoms with Crippen LogP contribution in [0.4, 0.5) is 4.39 Å². The Morgan fingerprint density at radius 1 is 1.00 bits per heavy atom. The number of benzene rings is 2. The Kier molecular flexibility index (Phi) is 3.75. The SMILES string of the molecule is Cc1cc(F)ccc1-c1ccc(C2=NNC(=O)CC2)cc1C. The van der Waals surface area contributed by atoms with Gasteiger partial charge in [0, 0.05) is 12.8 Å². The molecule has 1 aliphatic rings. The van der Waals surface area contributed by atoms with Crippen LogP contribution >= 0.6 is 0 Å². The fourth-order valence-electron chi connectivity index (χ4n) is 2.76. The molecule has 0 bridgehead atoms. The molecule has 3 rings (SSSR count). The molecule has 0 atom stereocenters. The molecule has 1 heterocycles. The number of rotatable bonds is 2. The summed E-state index contributed by atoms with van der Waals surface area (Å²) in [6, 6.07) is 10.9. The van der Waals surface area contributed by atoms with Crippen molar-refractivity contribution in [3.63, 3.8) is 0 Å². The van der Waals surface area contributed by atoms with Crippen molar-refractivity contribution in [2.24, 2.45) is 5.10 Å². The largest absolute Gasteiger partial charge is 0.273 e. The number of hydrazone groups is 1. The van der Waals surface area contributed by atoms with Gasteiger partial charge in [0.15, 0.2) is 0 Å². The second kappa shape index (κ2) is 5.72. The van der Waals surface area contributed by atoms with Crippen LogP contribution in [-0.2, 0) is 4.79 Å². The van der Waals surface area contributed by atoms with Crippen LogP contribution < -0.4 is 5.43 Å². The minimum atomic E-state index is -0.220. The second-order valence-electron chi connectivity index (χ2n) is 5.58. The summed E-state index contributed by atoms with van der Waals surface area (Å²) < 4.78 is 13.3. The highest BCUT2D eigenvalue weighted by Gasteiger charge is 2.14. The Balaban J connectivity index is 1.97. The molecule has 0 aromatic heterocycles. The Bertz CT molecular complexity index is 781. The lowest BCUT2D eigenvalue weighted by Crippen LogP contribution is -2.25. The van der Waals surface area contributed by atoms with Gasteiger partial charge in [-0.15, -0.1) is 0 Å². The average molecular weight is 296 g/mol. The molecule has 0 saturated carbocycles. The van der Waals surface area contributed by atoms with Crippen molar-refractivity contribution in [1.29, 1.82) is 0 Å². The van der Waals surface area contributed by atoms with Crippen LogP contribution in [0.1, 0.15) is 29.5 Å². The first-order chi connectivity index (χ1) is 10.5. The number of nitrogens with zero attached hydrogens (tertiary/aromatic N) is 1. The molecule has 2 aromatic rings. The molecule has 0 spiro atoms. The maximum absolute atomic E-state index is 13.3. The van der Waals surface area contributed by atoms with Gasteiger partial charge in [0.05, 0.1) is 5.71 Å². The van der Waals surface area contributed by atoms with E-state index in [1.807, 2.05) is 32.0 Å². The summed E-state index contributed by atoms with van der Waals surface area (Å²) in [4.78, 5) is 11.2. The van der Waals surface area contributed by atoms with Crippen molar-refractivity contribution in [2.45, 2.75) is 26.7 Å². The lowest BCUT2D eigenvalue weighted by atomic mass is 9.93. The van der Waals surface area contributed by atoms with Gasteiger partial charge in [-0.05, 0) is 59.9 Å². The highest BCUT2D eigenvalue weighted by Crippen LogP contribution is 2.28. The van der Waals surface area contributed by atoms with E-state index in [0.717, 1.165) is 33.5 Å². The second-order valence-corrected chi connectivity index (χ2v) is 5.58. The van der Waals surface area contributed by atoms with Gasteiger partial charge in [0.25, 0.3) is 0 Å². The van der Waals surface area contributed by atoms with E-state index in [2.05, 4.69) is 16.6 Å². The number of amides is 1. The van der Waals surface area contributed by atoms with Crippen molar-refractivity contribution in [1.82, 2.24) is 5.43 Å². The molecule has 1 amide bonds. The van der Waals surface area contributed by atoms with E-state index < -0.39 is 0 Å². The van der Waals surface area contributed by atoms with E-state index in [1.54, 1.807) is 6.07 Å². The van der Waals surface area contributed by atoms with Gasteiger partial charge in [0.1, 0.15) is 5.82 Å². The molecule has 112 valence electrons. The predicted octanol–water partition coefficient (Wildman–Crippen LogP) is 3.72. The number of carbonyl (C=O) groups is 1. The molecule has 0 aliphatic carbocycles. The van der Waals surface area contributed by atoms with Gasteiger partial charge in [-0.3, -0.25) is 4.79 Å². The van der Waals surface area contributed by atoms with Gasteiger partial charge in [-0.1, -0.05) is 18.2 Å². The quantitative estimate of drug-likeness (QED) is 0.901. The van der Waals surface area contributed by atoms with Crippen molar-refractivity contribution in [3.05, 3.63) is 58.9 Å². The van der Waals surface area contributed by atoms with Crippen molar-refractivity contribution >= 4 is 11.6 Å². The van der Waals surface area contributed by atoms with Crippen LogP contribution in [0.3, 0.4) is 0 Å². The van der Waals surface area contributed by atoms with Crippen LogP contribution in [0.2, 0.25) is 0 Å². The maximum Gasteiger partial charge on any atom is 0.240 e. The lowest BCUT2D eigenvalue weighted by Gasteiger charge is -2.15. The maximum atomic E-state index is 13.3. The Morgan fingerprint density at radius 2 is 1.68 bits per heavy atom. The average Bonchev–Trinajstić information content (AvgIpc) is 2.49. The van der Waals surface area contributed by atoms with Crippen LogP contribution in [0.25, 0.3) is 11.1 Å². The first-order valence-corrected chi connectivity index (χ1v) is 7.27. The summed E-state index contributed by atoms with van der Waals surface area (Å²) in [5, 5.41) is 4.12. The Hall–Kier alpha value is -2.49. The van der Waals surface area contributed by atoms with Crippen LogP contribution in [-0.4, -0.2) is 11.6 Å². The Labute approximate surface area is 128 Å². The van der Waals surface area contributed by atoms with Gasteiger partial charge in [-0.25, -0.2) is 9.82 Å². The molecule has 22 heavy (non-hydrogen) atoms. The molecule has 0 fully saturated rings. The third-order valence-corrected chi connectivity index (χ3v) is 3.94. The van der Waals surface area contributed by atoms with E-state index in [0.29, 0.717) is 12.8 Å². The summed E-state index contributed by atoms with van der Waals surface area (Å²) in [5.41, 5.74) is 8.56. The van der Waals surface area contributed by atoms with E-state index in [4.69, 9.17) is 0 Å². The fraction of sp³-hybridized carbons (Fsp3) is 0.222. The van der Waals surface area contributed by atoms with Crippen LogP contribution in [0, 0.1) is 19.7 Å². The minimum Gasteiger partial charge on any atom is -0.273 e. The van der Waals surface area contributed by atoms with Gasteiger partial charge < -0.3 is 0 Å². The monoisotopic (exact) mass is 296 g/mol. The number of halogens is 1.